The van der Waals surface area contributed by atoms with Crippen molar-refractivity contribution in [1.82, 2.24) is 15.7 Å². The molecule has 25 heavy (non-hydrogen) atoms. The predicted octanol–water partition coefficient (Wildman–Crippen LogP) is -3.05. The zero-order valence-electron chi connectivity index (χ0n) is 12.7. The summed E-state index contributed by atoms with van der Waals surface area (Å²) in [5.74, 6) is -2.61. The molecule has 0 aromatic carbocycles. The van der Waals surface area contributed by atoms with E-state index in [0.29, 0.717) is 10.8 Å². The maximum atomic E-state index is 13.4. The third-order valence-corrected chi connectivity index (χ3v) is 3.62. The number of amides is 1. The Morgan fingerprint density at radius 3 is 2.64 bits per heavy atom. The van der Waals surface area contributed by atoms with Crippen LogP contribution in [-0.2, 0) is 13.8 Å². The number of carbonyl (C=O) groups excluding carboxylic acids is 1. The number of phosphoric ester groups is 1. The van der Waals surface area contributed by atoms with Gasteiger partial charge in [-0.15, -0.1) is 0 Å². The van der Waals surface area contributed by atoms with Crippen molar-refractivity contribution in [3.05, 3.63) is 28.2 Å². The first-order chi connectivity index (χ1) is 11.0. The van der Waals surface area contributed by atoms with Crippen LogP contribution in [0.2, 0.25) is 0 Å². The lowest BCUT2D eigenvalue weighted by Crippen LogP contribution is -2.38. The Balaban J connectivity index is 0.00000312. The molecule has 5 atom stereocenters. The Hall–Kier alpha value is -1.77. The lowest BCUT2D eigenvalue weighted by molar-refractivity contribution is -0.222. The van der Waals surface area contributed by atoms with Gasteiger partial charge in [-0.1, -0.05) is 0 Å². The third kappa shape index (κ3) is 4.65. The normalized spacial score (nSPS) is 28.2. The number of hydrogen-bond donors (Lipinski definition) is 5. The minimum atomic E-state index is -5.12. The molecule has 0 aliphatic carbocycles. The van der Waals surface area contributed by atoms with E-state index in [2.05, 4.69) is 9.51 Å². The molecule has 0 saturated carbocycles. The van der Waals surface area contributed by atoms with Crippen molar-refractivity contribution in [3.8, 4) is 0 Å². The fourth-order valence-corrected chi connectivity index (χ4v) is 2.43. The molecule has 0 bridgehead atoms. The van der Waals surface area contributed by atoms with Crippen LogP contribution in [0.15, 0.2) is 11.0 Å². The topological polar surface area (TPSA) is 234 Å². The Labute approximate surface area is 138 Å². The van der Waals surface area contributed by atoms with Gasteiger partial charge in [0.15, 0.2) is 11.9 Å². The van der Waals surface area contributed by atoms with Gasteiger partial charge in [-0.3, -0.25) is 18.7 Å². The van der Waals surface area contributed by atoms with Gasteiger partial charge in [-0.25, -0.2) is 4.98 Å². The van der Waals surface area contributed by atoms with Crippen LogP contribution in [0.3, 0.4) is 0 Å². The van der Waals surface area contributed by atoms with E-state index in [1.807, 2.05) is 0 Å². The molecule has 0 radical (unpaired) electrons. The van der Waals surface area contributed by atoms with Gasteiger partial charge in [0.25, 0.3) is 19.3 Å². The van der Waals surface area contributed by atoms with Gasteiger partial charge in [0.1, 0.15) is 18.3 Å². The third-order valence-electron chi connectivity index (χ3n) is 3.15. The van der Waals surface area contributed by atoms with E-state index in [9.17, 15) is 33.7 Å². The highest BCUT2D eigenvalue weighted by molar-refractivity contribution is 7.44. The number of phosphoric acid groups is 1. The summed E-state index contributed by atoms with van der Waals surface area (Å²) >= 11 is 0. The van der Waals surface area contributed by atoms with E-state index in [0.717, 1.165) is 0 Å². The summed E-state index contributed by atoms with van der Waals surface area (Å²) < 4.78 is 33.5. The van der Waals surface area contributed by atoms with Crippen molar-refractivity contribution in [3.63, 3.8) is 0 Å². The van der Waals surface area contributed by atoms with Crippen molar-refractivity contribution in [1.29, 1.82) is 0 Å². The van der Waals surface area contributed by atoms with Gasteiger partial charge in [-0.05, 0) is 0 Å². The molecule has 142 valence electrons. The molecule has 9 N–H and O–H groups in total. The molecule has 0 spiro atoms. The standard InChI is InChI=1S/C10H13FN3O9P.H3N/c11-4-1-14(9(18)5(13-4)8(12)17)10-7(16)6(15)3(23-10)2-22-24(19,20)21;/h1,3,6-7,10,15-16H,2H2,(H2,12,17)(H2,19,20,21);1H3/t3?,6-,7?,10?;/m0./s1. The summed E-state index contributed by atoms with van der Waals surface area (Å²) in [5, 5.41) is 19.7. The van der Waals surface area contributed by atoms with Crippen LogP contribution in [0.25, 0.3) is 0 Å². The molecule has 1 saturated heterocycles. The molecule has 2 rings (SSSR count). The first-order valence-corrected chi connectivity index (χ1v) is 7.79. The second-order valence-electron chi connectivity index (χ2n) is 4.80. The van der Waals surface area contributed by atoms with Gasteiger partial charge in [-0.2, -0.15) is 4.39 Å². The molecule has 1 aromatic heterocycles. The lowest BCUT2D eigenvalue weighted by Gasteiger charge is -2.20. The Morgan fingerprint density at radius 1 is 1.52 bits per heavy atom. The van der Waals surface area contributed by atoms with E-state index in [1.54, 1.807) is 0 Å². The van der Waals surface area contributed by atoms with Crippen molar-refractivity contribution in [2.24, 2.45) is 5.73 Å². The zero-order chi connectivity index (χ0) is 18.2. The van der Waals surface area contributed by atoms with E-state index >= 15 is 0 Å². The van der Waals surface area contributed by atoms with Crippen LogP contribution in [0.1, 0.15) is 16.7 Å². The average molecular weight is 386 g/mol. The Kier molecular flexibility index (Phi) is 6.50. The number of nitrogens with zero attached hydrogens (tertiary/aromatic N) is 2. The van der Waals surface area contributed by atoms with Gasteiger partial charge >= 0.3 is 0 Å². The molecule has 1 fully saturated rings. The van der Waals surface area contributed by atoms with E-state index in [-0.39, 0.29) is 6.15 Å². The molecule has 13 nitrogen and oxygen atoms in total. The summed E-state index contributed by atoms with van der Waals surface area (Å²) in [6, 6.07) is 0. The second kappa shape index (κ2) is 7.63. The van der Waals surface area contributed by atoms with Crippen molar-refractivity contribution >= 4 is 13.7 Å². The number of nitrogens with two attached hydrogens (primary N) is 1. The number of aliphatic hydroxyl groups is 2. The van der Waals surface area contributed by atoms with Crippen LogP contribution in [-0.4, -0.2) is 55.5 Å². The molecular formula is C10H16FN4O9P. The first-order valence-electron chi connectivity index (χ1n) is 6.29. The summed E-state index contributed by atoms with van der Waals surface area (Å²) in [6.45, 7) is -0.878. The number of ether oxygens (including phenoxy) is 1. The number of quaternary nitrogens is 1. The fraction of sp³-hybridized carbons (Fsp3) is 0.500. The second-order valence-corrected chi connectivity index (χ2v) is 5.99. The monoisotopic (exact) mass is 386 g/mol. The molecule has 1 amide bonds. The maximum absolute atomic E-state index is 13.4. The number of carbonyl (C=O) groups is 1. The largest absolute Gasteiger partial charge is 0.756 e. The molecule has 15 heteroatoms. The van der Waals surface area contributed by atoms with Crippen LogP contribution < -0.4 is 22.3 Å². The van der Waals surface area contributed by atoms with Crippen LogP contribution in [0, 0.1) is 5.95 Å². The average Bonchev–Trinajstić information content (AvgIpc) is 2.74. The van der Waals surface area contributed by atoms with Crippen molar-refractivity contribution < 1.29 is 43.0 Å². The number of aromatic nitrogens is 2. The highest BCUT2D eigenvalue weighted by atomic mass is 31.2. The number of primary amides is 1. The molecule has 2 heterocycles. The van der Waals surface area contributed by atoms with Crippen molar-refractivity contribution in [2.75, 3.05) is 6.61 Å². The number of halogens is 1. The van der Waals surface area contributed by atoms with Crippen LogP contribution in [0.4, 0.5) is 4.39 Å². The predicted molar refractivity (Wildman–Crippen MR) is 74.7 cm³/mol. The number of hydrogen-bond acceptors (Lipinski definition) is 9. The van der Waals surface area contributed by atoms with Crippen LogP contribution in [0.5, 0.6) is 0 Å². The summed E-state index contributed by atoms with van der Waals surface area (Å²) in [4.78, 5) is 45.2. The van der Waals surface area contributed by atoms with Crippen LogP contribution >= 0.6 is 7.82 Å². The van der Waals surface area contributed by atoms with E-state index in [4.69, 9.17) is 15.4 Å². The molecular weight excluding hydrogens is 370 g/mol. The lowest BCUT2D eigenvalue weighted by atomic mass is 10.1. The molecule has 1 aliphatic rings. The molecule has 1 aliphatic heterocycles. The van der Waals surface area contributed by atoms with Gasteiger partial charge in [0, 0.05) is 0 Å². The van der Waals surface area contributed by atoms with Gasteiger partial charge < -0.3 is 41.1 Å². The van der Waals surface area contributed by atoms with E-state index < -0.39 is 62.1 Å². The summed E-state index contributed by atoms with van der Waals surface area (Å²) in [7, 11) is -5.12. The SMILES string of the molecule is NC(=O)c1nc(F)cn(C2OC(COP(=O)([O-])O)[C@H](O)C2O)c1=O.[NH4+]. The van der Waals surface area contributed by atoms with Crippen molar-refractivity contribution in [2.45, 2.75) is 24.5 Å². The smallest absolute Gasteiger partial charge is 0.284 e. The number of aliphatic hydroxyl groups excluding tert-OH is 2. The maximum Gasteiger partial charge on any atom is 0.284 e. The fourth-order valence-electron chi connectivity index (χ4n) is 2.09. The minimum absolute atomic E-state index is 0. The van der Waals surface area contributed by atoms with E-state index in [1.165, 1.54) is 0 Å². The summed E-state index contributed by atoms with van der Waals surface area (Å²) in [6.07, 6.45) is -6.19. The molecule has 4 unspecified atom stereocenters. The molecule has 1 aromatic rings. The highest BCUT2D eigenvalue weighted by Crippen LogP contribution is 2.34. The quantitative estimate of drug-likeness (QED) is 0.321. The highest BCUT2D eigenvalue weighted by Gasteiger charge is 2.45. The minimum Gasteiger partial charge on any atom is -0.756 e. The zero-order valence-corrected chi connectivity index (χ0v) is 13.6. The number of rotatable bonds is 5. The van der Waals surface area contributed by atoms with Gasteiger partial charge in [0.05, 0.1) is 12.8 Å². The van der Waals surface area contributed by atoms with Gasteiger partial charge in [0.2, 0.25) is 5.95 Å². The summed E-state index contributed by atoms with van der Waals surface area (Å²) in [5.41, 5.74) is 2.73. The first kappa shape index (κ1) is 21.3. The Morgan fingerprint density at radius 2 is 2.12 bits per heavy atom. The Bertz CT molecular complexity index is 752.